The number of anilines is 1. The lowest BCUT2D eigenvalue weighted by molar-refractivity contribution is 0.274. The van der Waals surface area contributed by atoms with Crippen LogP contribution in [0.25, 0.3) is 0 Å². The summed E-state index contributed by atoms with van der Waals surface area (Å²) in [6, 6.07) is 11.8. The highest BCUT2D eigenvalue weighted by Crippen LogP contribution is 2.33. The number of hydrogen-bond donors (Lipinski definition) is 1. The fourth-order valence-corrected chi connectivity index (χ4v) is 2.73. The largest absolute Gasteiger partial charge is 0.493 e. The number of aromatic nitrogens is 1. The number of nitrogens with zero attached hydrogens (tertiary/aromatic N) is 1. The predicted octanol–water partition coefficient (Wildman–Crippen LogP) is 3.19. The Labute approximate surface area is 124 Å². The number of benzene rings is 1. The second-order valence-electron chi connectivity index (χ2n) is 5.32. The predicted molar refractivity (Wildman–Crippen MR) is 83.9 cm³/mol. The minimum atomic E-state index is 0.0507. The summed E-state index contributed by atoms with van der Waals surface area (Å²) in [6.07, 6.45) is 3.78. The van der Waals surface area contributed by atoms with Crippen LogP contribution < -0.4 is 15.6 Å². The van der Waals surface area contributed by atoms with Crippen LogP contribution in [0.5, 0.6) is 5.75 Å². The second-order valence-corrected chi connectivity index (χ2v) is 5.32. The third kappa shape index (κ3) is 2.94. The quantitative estimate of drug-likeness (QED) is 0.937. The molecule has 0 saturated heterocycles. The van der Waals surface area contributed by atoms with Crippen LogP contribution in [-0.2, 0) is 6.54 Å². The molecule has 0 radical (unpaired) electrons. The molecule has 1 atom stereocenters. The molecule has 21 heavy (non-hydrogen) atoms. The van der Waals surface area contributed by atoms with Crippen molar-refractivity contribution in [2.75, 3.05) is 11.9 Å². The van der Waals surface area contributed by atoms with Crippen molar-refractivity contribution >= 4 is 5.69 Å². The van der Waals surface area contributed by atoms with Gasteiger partial charge in [0, 0.05) is 30.8 Å². The number of nitrogens with one attached hydrogen (secondary N) is 1. The number of fused-ring (bicyclic) bond motifs is 1. The first-order valence-electron chi connectivity index (χ1n) is 7.46. The Morgan fingerprint density at radius 3 is 3.00 bits per heavy atom. The maximum Gasteiger partial charge on any atom is 0.250 e. The highest BCUT2D eigenvalue weighted by Gasteiger charge is 2.20. The molecule has 1 unspecified atom stereocenters. The van der Waals surface area contributed by atoms with E-state index in [1.54, 1.807) is 10.6 Å². The van der Waals surface area contributed by atoms with Crippen molar-refractivity contribution in [1.29, 1.82) is 0 Å². The Morgan fingerprint density at radius 1 is 1.29 bits per heavy atom. The van der Waals surface area contributed by atoms with E-state index in [1.807, 2.05) is 30.5 Å². The summed E-state index contributed by atoms with van der Waals surface area (Å²) < 4.78 is 7.44. The monoisotopic (exact) mass is 284 g/mol. The molecule has 0 spiro atoms. The van der Waals surface area contributed by atoms with Gasteiger partial charge >= 0.3 is 0 Å². The summed E-state index contributed by atoms with van der Waals surface area (Å²) in [5.74, 6) is 0.947. The first-order chi connectivity index (χ1) is 10.3. The van der Waals surface area contributed by atoms with Gasteiger partial charge in [0.1, 0.15) is 5.75 Å². The molecule has 110 valence electrons. The number of aryl methyl sites for hydroxylation is 1. The SMILES string of the molecule is CCCn1cc(NC2CCOc3ccccc32)ccc1=O. The molecule has 4 heteroatoms. The van der Waals surface area contributed by atoms with E-state index in [2.05, 4.69) is 18.3 Å². The molecule has 3 rings (SSSR count). The van der Waals surface area contributed by atoms with Gasteiger partial charge in [0.15, 0.2) is 0 Å². The van der Waals surface area contributed by atoms with Crippen LogP contribution in [0.15, 0.2) is 47.4 Å². The summed E-state index contributed by atoms with van der Waals surface area (Å²) in [7, 11) is 0. The zero-order valence-corrected chi connectivity index (χ0v) is 12.2. The van der Waals surface area contributed by atoms with E-state index < -0.39 is 0 Å². The van der Waals surface area contributed by atoms with Crippen molar-refractivity contribution in [3.05, 3.63) is 58.5 Å². The van der Waals surface area contributed by atoms with Gasteiger partial charge in [0.05, 0.1) is 18.3 Å². The minimum absolute atomic E-state index is 0.0507. The van der Waals surface area contributed by atoms with Gasteiger partial charge in [-0.1, -0.05) is 25.1 Å². The Morgan fingerprint density at radius 2 is 2.14 bits per heavy atom. The number of pyridine rings is 1. The van der Waals surface area contributed by atoms with Crippen LogP contribution in [0.2, 0.25) is 0 Å². The summed E-state index contributed by atoms with van der Waals surface area (Å²) >= 11 is 0. The Kier molecular flexibility index (Phi) is 3.95. The van der Waals surface area contributed by atoms with E-state index in [1.165, 1.54) is 5.56 Å². The maximum atomic E-state index is 11.8. The van der Waals surface area contributed by atoms with Crippen LogP contribution in [0.3, 0.4) is 0 Å². The van der Waals surface area contributed by atoms with Gasteiger partial charge in [-0.2, -0.15) is 0 Å². The topological polar surface area (TPSA) is 43.3 Å². The molecule has 0 bridgehead atoms. The lowest BCUT2D eigenvalue weighted by Gasteiger charge is -2.27. The van der Waals surface area contributed by atoms with Crippen LogP contribution in [-0.4, -0.2) is 11.2 Å². The molecular weight excluding hydrogens is 264 g/mol. The average Bonchev–Trinajstić information content (AvgIpc) is 2.51. The summed E-state index contributed by atoms with van der Waals surface area (Å²) in [4.78, 5) is 11.8. The van der Waals surface area contributed by atoms with E-state index in [0.29, 0.717) is 6.61 Å². The van der Waals surface area contributed by atoms with Gasteiger partial charge in [-0.3, -0.25) is 4.79 Å². The van der Waals surface area contributed by atoms with Gasteiger partial charge in [-0.25, -0.2) is 0 Å². The van der Waals surface area contributed by atoms with Gasteiger partial charge in [0.25, 0.3) is 5.56 Å². The molecule has 2 aromatic rings. The molecule has 0 fully saturated rings. The molecule has 0 amide bonds. The Bertz CT molecular complexity index is 678. The number of hydrogen-bond acceptors (Lipinski definition) is 3. The molecule has 2 heterocycles. The molecular formula is C17H20N2O2. The molecule has 1 aliphatic heterocycles. The number of rotatable bonds is 4. The zero-order valence-electron chi connectivity index (χ0n) is 12.2. The molecule has 1 N–H and O–H groups in total. The average molecular weight is 284 g/mol. The molecule has 1 aliphatic rings. The van der Waals surface area contributed by atoms with Crippen LogP contribution in [0.1, 0.15) is 31.4 Å². The molecule has 1 aromatic carbocycles. The third-order valence-electron chi connectivity index (χ3n) is 3.75. The van der Waals surface area contributed by atoms with Crippen molar-refractivity contribution < 1.29 is 4.74 Å². The number of ether oxygens (including phenoxy) is 1. The molecule has 0 aliphatic carbocycles. The molecule has 0 saturated carbocycles. The third-order valence-corrected chi connectivity index (χ3v) is 3.75. The van der Waals surface area contributed by atoms with Crippen LogP contribution in [0, 0.1) is 0 Å². The standard InChI is InChI=1S/C17H20N2O2/c1-2-10-19-12-13(7-8-17(19)20)18-15-9-11-21-16-6-4-3-5-14(15)16/h3-8,12,15,18H,2,9-11H2,1H3. The van der Waals surface area contributed by atoms with Crippen LogP contribution in [0.4, 0.5) is 5.69 Å². The highest BCUT2D eigenvalue weighted by atomic mass is 16.5. The van der Waals surface area contributed by atoms with E-state index in [4.69, 9.17) is 4.74 Å². The zero-order chi connectivity index (χ0) is 14.7. The normalized spacial score (nSPS) is 16.9. The van der Waals surface area contributed by atoms with Gasteiger partial charge < -0.3 is 14.6 Å². The van der Waals surface area contributed by atoms with E-state index in [9.17, 15) is 4.79 Å². The molecule has 4 nitrogen and oxygen atoms in total. The summed E-state index contributed by atoms with van der Waals surface area (Å²) in [6.45, 7) is 3.53. The van der Waals surface area contributed by atoms with Gasteiger partial charge in [-0.15, -0.1) is 0 Å². The van der Waals surface area contributed by atoms with Crippen molar-refractivity contribution in [1.82, 2.24) is 4.57 Å². The minimum Gasteiger partial charge on any atom is -0.493 e. The Balaban J connectivity index is 1.85. The molecule has 1 aromatic heterocycles. The fourth-order valence-electron chi connectivity index (χ4n) is 2.73. The maximum absolute atomic E-state index is 11.8. The van der Waals surface area contributed by atoms with Crippen molar-refractivity contribution in [2.45, 2.75) is 32.4 Å². The second kappa shape index (κ2) is 6.04. The summed E-state index contributed by atoms with van der Waals surface area (Å²) in [5.41, 5.74) is 2.21. The number of para-hydroxylation sites is 1. The fraction of sp³-hybridized carbons (Fsp3) is 0.353. The summed E-state index contributed by atoms with van der Waals surface area (Å²) in [5, 5.41) is 3.52. The lowest BCUT2D eigenvalue weighted by atomic mass is 10.0. The highest BCUT2D eigenvalue weighted by molar-refractivity contribution is 5.47. The van der Waals surface area contributed by atoms with E-state index >= 15 is 0 Å². The first kappa shape index (κ1) is 13.7. The van der Waals surface area contributed by atoms with Crippen molar-refractivity contribution in [3.63, 3.8) is 0 Å². The van der Waals surface area contributed by atoms with Gasteiger partial charge in [0.2, 0.25) is 0 Å². The van der Waals surface area contributed by atoms with Crippen LogP contribution >= 0.6 is 0 Å². The lowest BCUT2D eigenvalue weighted by Crippen LogP contribution is -2.22. The smallest absolute Gasteiger partial charge is 0.250 e. The van der Waals surface area contributed by atoms with Crippen molar-refractivity contribution in [3.8, 4) is 5.75 Å². The van der Waals surface area contributed by atoms with E-state index in [0.717, 1.165) is 30.8 Å². The first-order valence-corrected chi connectivity index (χ1v) is 7.46. The van der Waals surface area contributed by atoms with Gasteiger partial charge in [-0.05, 0) is 18.6 Å². The van der Waals surface area contributed by atoms with E-state index in [-0.39, 0.29) is 11.6 Å². The Hall–Kier alpha value is -2.23. The van der Waals surface area contributed by atoms with Crippen molar-refractivity contribution in [2.24, 2.45) is 0 Å².